The van der Waals surface area contributed by atoms with Gasteiger partial charge in [-0.1, -0.05) is 41.1 Å². The Hall–Kier alpha value is -2.44. The number of carbonyl (C=O) groups excluding carboxylic acids is 1. The Morgan fingerprint density at radius 2 is 2.17 bits per heavy atom. The van der Waals surface area contributed by atoms with Crippen molar-refractivity contribution in [1.29, 1.82) is 0 Å². The van der Waals surface area contributed by atoms with Crippen molar-refractivity contribution in [3.8, 4) is 10.7 Å². The summed E-state index contributed by atoms with van der Waals surface area (Å²) in [7, 11) is 1.92. The van der Waals surface area contributed by atoms with Crippen LogP contribution in [0.1, 0.15) is 11.3 Å². The van der Waals surface area contributed by atoms with E-state index in [2.05, 4.69) is 15.3 Å². The third-order valence-electron chi connectivity index (χ3n) is 3.37. The van der Waals surface area contributed by atoms with Gasteiger partial charge < -0.3 is 4.57 Å². The number of imidazole rings is 1. The van der Waals surface area contributed by atoms with E-state index < -0.39 is 0 Å². The maximum absolute atomic E-state index is 12.1. The number of halogens is 1. The van der Waals surface area contributed by atoms with Crippen LogP contribution in [0.4, 0.5) is 5.13 Å². The van der Waals surface area contributed by atoms with Crippen LogP contribution in [0.3, 0.4) is 0 Å². The maximum Gasteiger partial charge on any atom is 0.250 e. The van der Waals surface area contributed by atoms with E-state index in [1.807, 2.05) is 42.9 Å². The highest BCUT2D eigenvalue weighted by Gasteiger charge is 2.14. The van der Waals surface area contributed by atoms with Crippen LogP contribution in [0, 0.1) is 6.92 Å². The molecule has 1 N–H and O–H groups in total. The Bertz CT molecular complexity index is 913. The van der Waals surface area contributed by atoms with E-state index in [4.69, 9.17) is 11.6 Å². The molecule has 24 heavy (non-hydrogen) atoms. The summed E-state index contributed by atoms with van der Waals surface area (Å²) >= 11 is 7.46. The number of hydrogen-bond donors (Lipinski definition) is 1. The largest absolute Gasteiger partial charge is 0.333 e. The number of carbonyl (C=O) groups is 1. The second-order valence-electron chi connectivity index (χ2n) is 5.14. The van der Waals surface area contributed by atoms with Crippen LogP contribution in [0.2, 0.25) is 5.02 Å². The van der Waals surface area contributed by atoms with Gasteiger partial charge in [-0.15, -0.1) is 0 Å². The topological polar surface area (TPSA) is 59.8 Å². The predicted octanol–water partition coefficient (Wildman–Crippen LogP) is 4.16. The molecule has 0 aliphatic carbocycles. The molecule has 0 radical (unpaired) electrons. The second-order valence-corrected chi connectivity index (χ2v) is 6.55. The molecule has 0 saturated carbocycles. The lowest BCUT2D eigenvalue weighted by Gasteiger charge is -1.98. The number of nitrogens with one attached hydrogen (secondary N) is 1. The molecule has 0 unspecified atom stereocenters. The average molecular weight is 359 g/mol. The molecule has 0 fully saturated rings. The van der Waals surface area contributed by atoms with E-state index >= 15 is 0 Å². The average Bonchev–Trinajstić information content (AvgIpc) is 3.12. The molecule has 0 aliphatic rings. The van der Waals surface area contributed by atoms with Crippen LogP contribution in [-0.4, -0.2) is 20.4 Å². The van der Waals surface area contributed by atoms with Gasteiger partial charge in [0.2, 0.25) is 5.91 Å². The minimum atomic E-state index is -0.255. The van der Waals surface area contributed by atoms with Gasteiger partial charge in [0, 0.05) is 30.5 Å². The summed E-state index contributed by atoms with van der Waals surface area (Å²) in [6.07, 6.45) is 6.73. The van der Waals surface area contributed by atoms with E-state index in [0.29, 0.717) is 10.2 Å². The molecule has 0 spiro atoms. The van der Waals surface area contributed by atoms with Crippen molar-refractivity contribution >= 4 is 40.1 Å². The molecule has 1 amide bonds. The quantitative estimate of drug-likeness (QED) is 0.712. The van der Waals surface area contributed by atoms with E-state index in [1.54, 1.807) is 18.3 Å². The molecule has 3 rings (SSSR count). The van der Waals surface area contributed by atoms with Crippen molar-refractivity contribution in [3.05, 3.63) is 59.0 Å². The van der Waals surface area contributed by atoms with Crippen molar-refractivity contribution in [2.45, 2.75) is 6.92 Å². The minimum Gasteiger partial charge on any atom is -0.333 e. The third-order valence-corrected chi connectivity index (χ3v) is 4.78. The van der Waals surface area contributed by atoms with Crippen molar-refractivity contribution in [2.75, 3.05) is 5.32 Å². The van der Waals surface area contributed by atoms with Gasteiger partial charge in [0.05, 0.1) is 10.6 Å². The summed E-state index contributed by atoms with van der Waals surface area (Å²) in [5, 5.41) is 3.92. The summed E-state index contributed by atoms with van der Waals surface area (Å²) in [5.74, 6) is 0.576. The zero-order valence-corrected chi connectivity index (χ0v) is 14.7. The number of benzene rings is 1. The molecule has 122 valence electrons. The van der Waals surface area contributed by atoms with Crippen LogP contribution in [0.25, 0.3) is 16.8 Å². The molecule has 2 aromatic heterocycles. The van der Waals surface area contributed by atoms with Gasteiger partial charge in [0.15, 0.2) is 11.0 Å². The van der Waals surface area contributed by atoms with Crippen LogP contribution in [0.5, 0.6) is 0 Å². The molecular weight excluding hydrogens is 344 g/mol. The number of hydrogen-bond acceptors (Lipinski definition) is 4. The Balaban J connectivity index is 1.74. The van der Waals surface area contributed by atoms with Crippen LogP contribution in [0.15, 0.2) is 42.7 Å². The van der Waals surface area contributed by atoms with Gasteiger partial charge in [0.1, 0.15) is 0 Å². The zero-order valence-electron chi connectivity index (χ0n) is 13.2. The number of rotatable bonds is 4. The summed E-state index contributed by atoms with van der Waals surface area (Å²) in [5.41, 5.74) is 1.62. The fourth-order valence-corrected chi connectivity index (χ4v) is 3.37. The number of thiazole rings is 1. The van der Waals surface area contributed by atoms with Gasteiger partial charge >= 0.3 is 0 Å². The highest BCUT2D eigenvalue weighted by atomic mass is 35.5. The van der Waals surface area contributed by atoms with E-state index in [0.717, 1.165) is 22.0 Å². The first-order chi connectivity index (χ1) is 11.5. The SMILES string of the molecule is Cc1nc(NC(=O)/C=C/c2ccccc2Cl)sc1-c1nccn1C. The van der Waals surface area contributed by atoms with E-state index in [9.17, 15) is 4.79 Å². The number of aromatic nitrogens is 3. The first-order valence-corrected chi connectivity index (χ1v) is 8.43. The first kappa shape index (κ1) is 16.4. The molecule has 0 aliphatic heterocycles. The molecular formula is C17H15ClN4OS. The summed E-state index contributed by atoms with van der Waals surface area (Å²) in [4.78, 5) is 21.7. The standard InChI is InChI=1S/C17H15ClN4OS/c1-11-15(16-19-9-10-22(16)2)24-17(20-11)21-14(23)8-7-12-5-3-4-6-13(12)18/h3-10H,1-2H3,(H,20,21,23)/b8-7+. The number of anilines is 1. The first-order valence-electron chi connectivity index (χ1n) is 7.23. The highest BCUT2D eigenvalue weighted by Crippen LogP contribution is 2.31. The van der Waals surface area contributed by atoms with E-state index in [-0.39, 0.29) is 5.91 Å². The molecule has 1 aromatic carbocycles. The predicted molar refractivity (Wildman–Crippen MR) is 98.2 cm³/mol. The van der Waals surface area contributed by atoms with Crippen LogP contribution in [-0.2, 0) is 11.8 Å². The minimum absolute atomic E-state index is 0.255. The van der Waals surface area contributed by atoms with Crippen LogP contribution >= 0.6 is 22.9 Å². The Morgan fingerprint density at radius 1 is 1.38 bits per heavy atom. The Kier molecular flexibility index (Phi) is 4.78. The normalized spacial score (nSPS) is 11.1. The second kappa shape index (κ2) is 6.98. The highest BCUT2D eigenvalue weighted by molar-refractivity contribution is 7.19. The fourth-order valence-electron chi connectivity index (χ4n) is 2.16. The van der Waals surface area contributed by atoms with Gasteiger partial charge in [-0.05, 0) is 24.6 Å². The Labute approximate surface area is 148 Å². The molecule has 0 atom stereocenters. The third kappa shape index (κ3) is 3.55. The Morgan fingerprint density at radius 3 is 2.88 bits per heavy atom. The molecule has 7 heteroatoms. The number of nitrogens with zero attached hydrogens (tertiary/aromatic N) is 3. The summed E-state index contributed by atoms with van der Waals surface area (Å²) < 4.78 is 1.92. The number of aryl methyl sites for hydroxylation is 2. The zero-order chi connectivity index (χ0) is 17.1. The lowest BCUT2D eigenvalue weighted by molar-refractivity contribution is -0.111. The molecule has 3 aromatic rings. The van der Waals surface area contributed by atoms with Crippen molar-refractivity contribution in [2.24, 2.45) is 7.05 Å². The fraction of sp³-hybridized carbons (Fsp3) is 0.118. The summed E-state index contributed by atoms with van der Waals surface area (Å²) in [6, 6.07) is 7.34. The van der Waals surface area contributed by atoms with Crippen molar-refractivity contribution in [3.63, 3.8) is 0 Å². The summed E-state index contributed by atoms with van der Waals surface area (Å²) in [6.45, 7) is 1.90. The van der Waals surface area contributed by atoms with E-state index in [1.165, 1.54) is 17.4 Å². The van der Waals surface area contributed by atoms with Gasteiger partial charge in [0.25, 0.3) is 0 Å². The lowest BCUT2D eigenvalue weighted by atomic mass is 10.2. The lowest BCUT2D eigenvalue weighted by Crippen LogP contribution is -2.07. The smallest absolute Gasteiger partial charge is 0.250 e. The maximum atomic E-state index is 12.1. The monoisotopic (exact) mass is 358 g/mol. The van der Waals surface area contributed by atoms with Gasteiger partial charge in [-0.2, -0.15) is 0 Å². The van der Waals surface area contributed by atoms with Crippen molar-refractivity contribution in [1.82, 2.24) is 14.5 Å². The van der Waals surface area contributed by atoms with Gasteiger partial charge in [-0.3, -0.25) is 10.1 Å². The number of amides is 1. The molecule has 2 heterocycles. The molecule has 5 nitrogen and oxygen atoms in total. The molecule has 0 saturated heterocycles. The van der Waals surface area contributed by atoms with Crippen LogP contribution < -0.4 is 5.32 Å². The molecule has 0 bridgehead atoms. The van der Waals surface area contributed by atoms with Gasteiger partial charge in [-0.25, -0.2) is 9.97 Å². The van der Waals surface area contributed by atoms with Crippen molar-refractivity contribution < 1.29 is 4.79 Å².